The molecule has 0 amide bonds. The van der Waals surface area contributed by atoms with Gasteiger partial charge in [0.1, 0.15) is 0 Å². The van der Waals surface area contributed by atoms with Gasteiger partial charge in [0, 0.05) is 19.1 Å². The molecular formula is C13H28N2O3S. The van der Waals surface area contributed by atoms with E-state index in [1.165, 1.54) is 4.31 Å². The Labute approximate surface area is 117 Å². The lowest BCUT2D eigenvalue weighted by Crippen LogP contribution is -2.61. The molecule has 1 fully saturated rings. The quantitative estimate of drug-likeness (QED) is 0.837. The first-order valence-corrected chi connectivity index (χ1v) is 8.51. The fraction of sp³-hybridized carbons (Fsp3) is 1.00. The standard InChI is InChI=1S/C13H28N2O3S/c1-7-12(8-18-9(2)3)13-10(4)11(5)14-19(16,17)15(13)6/h9-14H,7-8H2,1-6H3. The highest BCUT2D eigenvalue weighted by atomic mass is 32.2. The maximum Gasteiger partial charge on any atom is 0.279 e. The monoisotopic (exact) mass is 292 g/mol. The summed E-state index contributed by atoms with van der Waals surface area (Å²) < 4.78 is 34.0. The van der Waals surface area contributed by atoms with Crippen molar-refractivity contribution in [1.82, 2.24) is 9.03 Å². The summed E-state index contributed by atoms with van der Waals surface area (Å²) in [6.07, 6.45) is 1.08. The van der Waals surface area contributed by atoms with Crippen LogP contribution in [0.15, 0.2) is 0 Å². The van der Waals surface area contributed by atoms with E-state index < -0.39 is 10.2 Å². The minimum Gasteiger partial charge on any atom is -0.378 e. The van der Waals surface area contributed by atoms with Crippen molar-refractivity contribution < 1.29 is 13.2 Å². The van der Waals surface area contributed by atoms with Crippen LogP contribution in [0.4, 0.5) is 0 Å². The van der Waals surface area contributed by atoms with Crippen molar-refractivity contribution in [2.24, 2.45) is 11.8 Å². The molecule has 1 heterocycles. The average molecular weight is 292 g/mol. The van der Waals surface area contributed by atoms with Gasteiger partial charge in [0.25, 0.3) is 10.2 Å². The molecule has 0 aromatic heterocycles. The van der Waals surface area contributed by atoms with Gasteiger partial charge >= 0.3 is 0 Å². The van der Waals surface area contributed by atoms with Gasteiger partial charge in [-0.2, -0.15) is 17.4 Å². The Bertz CT molecular complexity index is 383. The van der Waals surface area contributed by atoms with Crippen LogP contribution >= 0.6 is 0 Å². The lowest BCUT2D eigenvalue weighted by molar-refractivity contribution is 0.0167. The van der Waals surface area contributed by atoms with Gasteiger partial charge in [-0.1, -0.05) is 13.8 Å². The van der Waals surface area contributed by atoms with Crippen LogP contribution in [0.3, 0.4) is 0 Å². The van der Waals surface area contributed by atoms with E-state index in [-0.39, 0.29) is 30.0 Å². The largest absolute Gasteiger partial charge is 0.378 e. The van der Waals surface area contributed by atoms with Gasteiger partial charge in [-0.25, -0.2) is 0 Å². The molecule has 1 aliphatic heterocycles. The SMILES string of the molecule is CCC(COC(C)C)C1C(C)C(C)NS(=O)(=O)N1C. The first kappa shape index (κ1) is 16.9. The van der Waals surface area contributed by atoms with Gasteiger partial charge in [0.05, 0.1) is 12.7 Å². The van der Waals surface area contributed by atoms with Crippen LogP contribution in [-0.2, 0) is 14.9 Å². The van der Waals surface area contributed by atoms with Crippen molar-refractivity contribution >= 4 is 10.2 Å². The molecule has 1 saturated heterocycles. The molecule has 1 aliphatic rings. The molecule has 5 nitrogen and oxygen atoms in total. The highest BCUT2D eigenvalue weighted by Crippen LogP contribution is 2.30. The van der Waals surface area contributed by atoms with Gasteiger partial charge in [0.2, 0.25) is 0 Å². The highest BCUT2D eigenvalue weighted by molar-refractivity contribution is 7.87. The van der Waals surface area contributed by atoms with E-state index in [9.17, 15) is 8.42 Å². The zero-order valence-corrected chi connectivity index (χ0v) is 13.7. The van der Waals surface area contributed by atoms with Crippen LogP contribution in [0, 0.1) is 11.8 Å². The molecular weight excluding hydrogens is 264 g/mol. The normalized spacial score (nSPS) is 33.5. The van der Waals surface area contributed by atoms with Crippen LogP contribution in [-0.4, -0.2) is 44.6 Å². The van der Waals surface area contributed by atoms with E-state index in [1.54, 1.807) is 7.05 Å². The number of hydrogen-bond acceptors (Lipinski definition) is 3. The first-order chi connectivity index (χ1) is 8.70. The predicted octanol–water partition coefficient (Wildman–Crippen LogP) is 1.61. The number of nitrogens with zero attached hydrogens (tertiary/aromatic N) is 1. The van der Waals surface area contributed by atoms with Crippen LogP contribution in [0.25, 0.3) is 0 Å². The third-order valence-electron chi connectivity index (χ3n) is 4.11. The van der Waals surface area contributed by atoms with Gasteiger partial charge < -0.3 is 4.74 Å². The molecule has 0 radical (unpaired) electrons. The summed E-state index contributed by atoms with van der Waals surface area (Å²) in [6, 6.07) is -0.0516. The van der Waals surface area contributed by atoms with Gasteiger partial charge in [0.15, 0.2) is 0 Å². The maximum absolute atomic E-state index is 12.1. The molecule has 0 aromatic rings. The number of rotatable bonds is 5. The zero-order chi connectivity index (χ0) is 14.8. The average Bonchev–Trinajstić information content (AvgIpc) is 2.30. The van der Waals surface area contributed by atoms with Crippen LogP contribution < -0.4 is 4.72 Å². The fourth-order valence-electron chi connectivity index (χ4n) is 2.71. The summed E-state index contributed by atoms with van der Waals surface area (Å²) in [6.45, 7) is 10.7. The minimum absolute atomic E-state index is 0.00926. The van der Waals surface area contributed by atoms with E-state index in [1.807, 2.05) is 20.8 Å². The van der Waals surface area contributed by atoms with Crippen LogP contribution in [0.2, 0.25) is 0 Å². The lowest BCUT2D eigenvalue weighted by Gasteiger charge is -2.44. The summed E-state index contributed by atoms with van der Waals surface area (Å²) in [5.41, 5.74) is 0. The number of ether oxygens (including phenoxy) is 1. The Morgan fingerprint density at radius 3 is 2.37 bits per heavy atom. The molecule has 0 aromatic carbocycles. The predicted molar refractivity (Wildman–Crippen MR) is 77.1 cm³/mol. The molecule has 4 atom stereocenters. The van der Waals surface area contributed by atoms with Gasteiger partial charge in [-0.3, -0.25) is 0 Å². The number of hydrogen-bond donors (Lipinski definition) is 1. The summed E-state index contributed by atoms with van der Waals surface area (Å²) in [5, 5.41) is 0. The summed E-state index contributed by atoms with van der Waals surface area (Å²) in [7, 11) is -1.70. The second-order valence-electron chi connectivity index (χ2n) is 5.83. The molecule has 4 unspecified atom stereocenters. The Hall–Kier alpha value is -0.170. The third-order valence-corrected chi connectivity index (χ3v) is 5.78. The van der Waals surface area contributed by atoms with Crippen molar-refractivity contribution in [3.8, 4) is 0 Å². The van der Waals surface area contributed by atoms with Crippen molar-refractivity contribution in [3.05, 3.63) is 0 Å². The molecule has 19 heavy (non-hydrogen) atoms. The second kappa shape index (κ2) is 6.52. The Morgan fingerprint density at radius 1 is 1.32 bits per heavy atom. The Balaban J connectivity index is 2.91. The van der Waals surface area contributed by atoms with Crippen molar-refractivity contribution in [1.29, 1.82) is 0 Å². The van der Waals surface area contributed by atoms with E-state index in [4.69, 9.17) is 4.74 Å². The Morgan fingerprint density at radius 2 is 1.89 bits per heavy atom. The van der Waals surface area contributed by atoms with E-state index in [0.29, 0.717) is 6.61 Å². The zero-order valence-electron chi connectivity index (χ0n) is 12.9. The van der Waals surface area contributed by atoms with Crippen LogP contribution in [0.5, 0.6) is 0 Å². The molecule has 0 aliphatic carbocycles. The molecule has 0 saturated carbocycles. The van der Waals surface area contributed by atoms with Gasteiger partial charge in [-0.15, -0.1) is 0 Å². The summed E-state index contributed by atoms with van der Waals surface area (Å²) in [5.74, 6) is 0.482. The molecule has 0 bridgehead atoms. The minimum atomic E-state index is -3.36. The molecule has 0 spiro atoms. The first-order valence-electron chi connectivity index (χ1n) is 7.07. The van der Waals surface area contributed by atoms with Crippen LogP contribution in [0.1, 0.15) is 41.0 Å². The number of nitrogens with one attached hydrogen (secondary N) is 1. The molecule has 1 rings (SSSR count). The topological polar surface area (TPSA) is 58.6 Å². The van der Waals surface area contributed by atoms with E-state index in [0.717, 1.165) is 6.42 Å². The molecule has 114 valence electrons. The van der Waals surface area contributed by atoms with E-state index in [2.05, 4.69) is 18.6 Å². The van der Waals surface area contributed by atoms with Gasteiger partial charge in [-0.05, 0) is 39.0 Å². The van der Waals surface area contributed by atoms with Crippen molar-refractivity contribution in [3.63, 3.8) is 0 Å². The fourth-order valence-corrected chi connectivity index (χ4v) is 4.25. The Kier molecular flexibility index (Phi) is 5.79. The third kappa shape index (κ3) is 3.90. The lowest BCUT2D eigenvalue weighted by atomic mass is 9.84. The van der Waals surface area contributed by atoms with E-state index >= 15 is 0 Å². The smallest absolute Gasteiger partial charge is 0.279 e. The summed E-state index contributed by atoms with van der Waals surface area (Å²) >= 11 is 0. The van der Waals surface area contributed by atoms with Crippen molar-refractivity contribution in [2.45, 2.75) is 59.2 Å². The maximum atomic E-state index is 12.1. The highest BCUT2D eigenvalue weighted by Gasteiger charge is 2.43. The molecule has 6 heteroatoms. The summed E-state index contributed by atoms with van der Waals surface area (Å²) in [4.78, 5) is 0. The molecule has 1 N–H and O–H groups in total. The van der Waals surface area contributed by atoms with Crippen molar-refractivity contribution in [2.75, 3.05) is 13.7 Å². The second-order valence-corrected chi connectivity index (χ2v) is 7.59.